The molecule has 1 fully saturated rings. The third kappa shape index (κ3) is 2.44. The summed E-state index contributed by atoms with van der Waals surface area (Å²) in [6.45, 7) is 2.06. The zero-order chi connectivity index (χ0) is 12.3. The number of likely N-dealkylation sites (N-methyl/N-ethyl adjacent to an activating group) is 1. The minimum absolute atomic E-state index is 0.0954. The Morgan fingerprint density at radius 1 is 1.41 bits per heavy atom. The van der Waals surface area contributed by atoms with E-state index < -0.39 is 0 Å². The molecule has 0 radical (unpaired) electrons. The van der Waals surface area contributed by atoms with Gasteiger partial charge >= 0.3 is 0 Å². The molecule has 1 amide bonds. The molecule has 1 aromatic heterocycles. The number of carbonyl (C=O) groups excluding carboxylic acids is 1. The first-order valence-corrected chi connectivity index (χ1v) is 6.00. The number of carbonyl (C=O) groups is 1. The monoisotopic (exact) mass is 234 g/mol. The lowest BCUT2D eigenvalue weighted by Gasteiger charge is -2.27. The molecule has 2 rings (SSSR count). The molecule has 2 heterocycles. The van der Waals surface area contributed by atoms with Gasteiger partial charge in [-0.15, -0.1) is 0 Å². The number of hydrogen-bond donors (Lipinski definition) is 1. The number of nitrogens with zero attached hydrogens (tertiary/aromatic N) is 3. The molecule has 1 N–H and O–H groups in total. The van der Waals surface area contributed by atoms with Crippen molar-refractivity contribution in [3.8, 4) is 0 Å². The molecular weight excluding hydrogens is 216 g/mol. The van der Waals surface area contributed by atoms with E-state index in [0.717, 1.165) is 19.3 Å². The van der Waals surface area contributed by atoms with Gasteiger partial charge in [0.15, 0.2) is 5.82 Å². The molecule has 92 valence electrons. The Morgan fingerprint density at radius 2 is 2.24 bits per heavy atom. The minimum Gasteiger partial charge on any atom is -0.309 e. The summed E-state index contributed by atoms with van der Waals surface area (Å²) in [6.07, 6.45) is 7.82. The fraction of sp³-hybridized carbons (Fsp3) is 0.583. The summed E-state index contributed by atoms with van der Waals surface area (Å²) < 4.78 is 0. The van der Waals surface area contributed by atoms with Gasteiger partial charge in [-0.2, -0.15) is 0 Å². The Balaban J connectivity index is 2.31. The number of amides is 1. The van der Waals surface area contributed by atoms with Crippen LogP contribution in [0.4, 0.5) is 5.82 Å². The van der Waals surface area contributed by atoms with E-state index in [2.05, 4.69) is 22.2 Å². The molecule has 0 saturated carbocycles. The van der Waals surface area contributed by atoms with E-state index in [-0.39, 0.29) is 18.0 Å². The Hall–Kier alpha value is -1.49. The first kappa shape index (κ1) is 12.0. The maximum atomic E-state index is 12.4. The highest BCUT2D eigenvalue weighted by atomic mass is 16.2. The zero-order valence-corrected chi connectivity index (χ0v) is 10.3. The molecule has 5 heteroatoms. The van der Waals surface area contributed by atoms with Gasteiger partial charge in [0.2, 0.25) is 5.91 Å². The molecule has 1 aliphatic rings. The number of rotatable bonds is 2. The second-order valence-corrected chi connectivity index (χ2v) is 4.39. The van der Waals surface area contributed by atoms with Crippen LogP contribution in [-0.4, -0.2) is 35.0 Å². The number of hydrogen-bond acceptors (Lipinski definition) is 4. The van der Waals surface area contributed by atoms with Gasteiger partial charge in [0, 0.05) is 18.4 Å². The average Bonchev–Trinajstić information content (AvgIpc) is 2.49. The summed E-state index contributed by atoms with van der Waals surface area (Å²) in [5, 5.41) is 3.07. The maximum absolute atomic E-state index is 12.4. The first-order valence-electron chi connectivity index (χ1n) is 6.00. The molecule has 0 spiro atoms. The lowest BCUT2D eigenvalue weighted by Crippen LogP contribution is -2.47. The summed E-state index contributed by atoms with van der Waals surface area (Å²) in [5.41, 5.74) is 0. The smallest absolute Gasteiger partial charge is 0.245 e. The van der Waals surface area contributed by atoms with Crippen molar-refractivity contribution in [1.29, 1.82) is 0 Å². The van der Waals surface area contributed by atoms with Gasteiger partial charge < -0.3 is 5.32 Å². The second kappa shape index (κ2) is 5.23. The Labute approximate surface area is 101 Å². The third-order valence-electron chi connectivity index (χ3n) is 3.24. The Morgan fingerprint density at radius 3 is 2.88 bits per heavy atom. The van der Waals surface area contributed by atoms with Gasteiger partial charge in [0.05, 0.1) is 12.2 Å². The van der Waals surface area contributed by atoms with Crippen LogP contribution in [0.15, 0.2) is 18.6 Å². The van der Waals surface area contributed by atoms with Crippen LogP contribution < -0.4 is 10.2 Å². The standard InChI is InChI=1S/C12H18N4O/c1-9-4-3-5-10(13-2)12(17)16(9)11-8-14-6-7-15-11/h6-10,13H,3-5H2,1-2H3. The Kier molecular flexibility index (Phi) is 3.68. The second-order valence-electron chi connectivity index (χ2n) is 4.39. The topological polar surface area (TPSA) is 58.1 Å². The molecule has 2 atom stereocenters. The average molecular weight is 234 g/mol. The largest absolute Gasteiger partial charge is 0.309 e. The van der Waals surface area contributed by atoms with E-state index in [1.807, 2.05) is 7.05 Å². The normalized spacial score (nSPS) is 25.8. The van der Waals surface area contributed by atoms with Crippen LogP contribution in [0.1, 0.15) is 26.2 Å². The molecule has 0 bridgehead atoms. The van der Waals surface area contributed by atoms with Gasteiger partial charge in [-0.05, 0) is 33.2 Å². The summed E-state index contributed by atoms with van der Waals surface area (Å²) >= 11 is 0. The van der Waals surface area contributed by atoms with Crippen molar-refractivity contribution in [2.24, 2.45) is 0 Å². The number of nitrogens with one attached hydrogen (secondary N) is 1. The predicted molar refractivity (Wildman–Crippen MR) is 65.7 cm³/mol. The molecular formula is C12H18N4O. The summed E-state index contributed by atoms with van der Waals surface area (Å²) in [7, 11) is 1.83. The van der Waals surface area contributed by atoms with E-state index in [0.29, 0.717) is 5.82 Å². The van der Waals surface area contributed by atoms with Gasteiger partial charge in [-0.25, -0.2) is 4.98 Å². The van der Waals surface area contributed by atoms with Crippen molar-refractivity contribution in [2.45, 2.75) is 38.3 Å². The maximum Gasteiger partial charge on any atom is 0.245 e. The van der Waals surface area contributed by atoms with E-state index in [4.69, 9.17) is 0 Å². The molecule has 5 nitrogen and oxygen atoms in total. The number of aromatic nitrogens is 2. The van der Waals surface area contributed by atoms with Crippen LogP contribution in [-0.2, 0) is 4.79 Å². The van der Waals surface area contributed by atoms with Gasteiger partial charge in [-0.3, -0.25) is 14.7 Å². The van der Waals surface area contributed by atoms with Crippen LogP contribution in [0.25, 0.3) is 0 Å². The molecule has 1 aliphatic heterocycles. The number of anilines is 1. The van der Waals surface area contributed by atoms with Crippen LogP contribution >= 0.6 is 0 Å². The fourth-order valence-corrected chi connectivity index (χ4v) is 2.28. The highest BCUT2D eigenvalue weighted by molar-refractivity contribution is 5.97. The fourth-order valence-electron chi connectivity index (χ4n) is 2.28. The van der Waals surface area contributed by atoms with E-state index in [1.165, 1.54) is 0 Å². The molecule has 0 aromatic carbocycles. The highest BCUT2D eigenvalue weighted by Crippen LogP contribution is 2.22. The van der Waals surface area contributed by atoms with E-state index in [1.54, 1.807) is 23.5 Å². The van der Waals surface area contributed by atoms with Crippen LogP contribution in [0.5, 0.6) is 0 Å². The first-order chi connectivity index (χ1) is 8.24. The SMILES string of the molecule is CNC1CCCC(C)N(c2cnccn2)C1=O. The summed E-state index contributed by atoms with van der Waals surface area (Å²) in [5.74, 6) is 0.741. The lowest BCUT2D eigenvalue weighted by molar-refractivity contribution is -0.120. The minimum atomic E-state index is -0.109. The molecule has 0 aliphatic carbocycles. The third-order valence-corrected chi connectivity index (χ3v) is 3.24. The van der Waals surface area contributed by atoms with E-state index >= 15 is 0 Å². The van der Waals surface area contributed by atoms with E-state index in [9.17, 15) is 4.79 Å². The predicted octanol–water partition coefficient (Wildman–Crippen LogP) is 0.970. The molecule has 1 aromatic rings. The van der Waals surface area contributed by atoms with Crippen LogP contribution in [0.2, 0.25) is 0 Å². The van der Waals surface area contributed by atoms with Crippen molar-refractivity contribution < 1.29 is 4.79 Å². The quantitative estimate of drug-likeness (QED) is 0.828. The van der Waals surface area contributed by atoms with Crippen molar-refractivity contribution in [3.63, 3.8) is 0 Å². The highest BCUT2D eigenvalue weighted by Gasteiger charge is 2.31. The van der Waals surface area contributed by atoms with Crippen LogP contribution in [0.3, 0.4) is 0 Å². The zero-order valence-electron chi connectivity index (χ0n) is 10.3. The van der Waals surface area contributed by atoms with Crippen molar-refractivity contribution >= 4 is 11.7 Å². The lowest BCUT2D eigenvalue weighted by atomic mass is 10.1. The summed E-state index contributed by atoms with van der Waals surface area (Å²) in [6, 6.07) is 0.0690. The van der Waals surface area contributed by atoms with Crippen molar-refractivity contribution in [3.05, 3.63) is 18.6 Å². The molecule has 17 heavy (non-hydrogen) atoms. The van der Waals surface area contributed by atoms with Gasteiger partial charge in [-0.1, -0.05) is 0 Å². The van der Waals surface area contributed by atoms with Gasteiger partial charge in [0.1, 0.15) is 0 Å². The Bertz CT molecular complexity index is 381. The summed E-state index contributed by atoms with van der Waals surface area (Å²) in [4.78, 5) is 22.4. The van der Waals surface area contributed by atoms with Crippen LogP contribution in [0, 0.1) is 0 Å². The van der Waals surface area contributed by atoms with Crippen molar-refractivity contribution in [2.75, 3.05) is 11.9 Å². The van der Waals surface area contributed by atoms with Gasteiger partial charge in [0.25, 0.3) is 0 Å². The molecule has 1 saturated heterocycles. The van der Waals surface area contributed by atoms with Crippen molar-refractivity contribution in [1.82, 2.24) is 15.3 Å². The molecule has 2 unspecified atom stereocenters.